The fourth-order valence-electron chi connectivity index (χ4n) is 2.87. The Morgan fingerprint density at radius 1 is 1.06 bits per heavy atom. The Labute approximate surface area is 175 Å². The van der Waals surface area contributed by atoms with E-state index in [0.29, 0.717) is 45.1 Å². The molecule has 31 heavy (non-hydrogen) atoms. The topological polar surface area (TPSA) is 133 Å². The summed E-state index contributed by atoms with van der Waals surface area (Å²) in [6.45, 7) is 7.85. The first-order valence-electron chi connectivity index (χ1n) is 9.42. The molecule has 5 aromatic heterocycles. The number of pyridine rings is 1. The van der Waals surface area contributed by atoms with Crippen molar-refractivity contribution in [1.29, 1.82) is 0 Å². The summed E-state index contributed by atoms with van der Waals surface area (Å²) in [4.78, 5) is 16.9. The predicted octanol–water partition coefficient (Wildman–Crippen LogP) is 2.79. The maximum atomic E-state index is 5.57. The summed E-state index contributed by atoms with van der Waals surface area (Å²) < 4.78 is 12.4. The molecule has 0 saturated heterocycles. The lowest BCUT2D eigenvalue weighted by molar-refractivity contribution is 0.403. The Morgan fingerprint density at radius 3 is 2.74 bits per heavy atom. The molecule has 0 bridgehead atoms. The van der Waals surface area contributed by atoms with Gasteiger partial charge in [0.05, 0.1) is 28.4 Å². The molecule has 0 radical (unpaired) electrons. The van der Waals surface area contributed by atoms with E-state index in [1.807, 2.05) is 27.7 Å². The summed E-state index contributed by atoms with van der Waals surface area (Å²) >= 11 is 0. The highest BCUT2D eigenvalue weighted by Gasteiger charge is 2.22. The Bertz CT molecular complexity index is 1480. The summed E-state index contributed by atoms with van der Waals surface area (Å²) in [5.74, 6) is 7.19. The predicted molar refractivity (Wildman–Crippen MR) is 110 cm³/mol. The van der Waals surface area contributed by atoms with Crippen LogP contribution < -0.4 is 5.32 Å². The standard InChI is InChI=1S/C20H17N9O2/c1-11-13(6-5-12-7-24-29-10-21-9-23-17(12)29)15-14(8-22-11)16(27-30-15)25-19-26-18(28-31-19)20(2,3)4/h7-10H,1-4H3,(H,25,26,27,28). The van der Waals surface area contributed by atoms with Crippen LogP contribution in [0, 0.1) is 18.8 Å². The quantitative estimate of drug-likeness (QED) is 0.429. The maximum Gasteiger partial charge on any atom is 0.327 e. The summed E-state index contributed by atoms with van der Waals surface area (Å²) in [5, 5.41) is 15.9. The largest absolute Gasteiger partial charge is 0.353 e. The molecule has 0 saturated carbocycles. The SMILES string of the molecule is Cc1ncc2c(Nc3nc(C(C)(C)C)no3)noc2c1C#Cc1cnn2cncnc12. The number of hydrogen-bond donors (Lipinski definition) is 1. The van der Waals surface area contributed by atoms with Gasteiger partial charge in [-0.1, -0.05) is 42.9 Å². The van der Waals surface area contributed by atoms with Crippen molar-refractivity contribution in [2.45, 2.75) is 33.1 Å². The van der Waals surface area contributed by atoms with E-state index >= 15 is 0 Å². The van der Waals surface area contributed by atoms with E-state index in [-0.39, 0.29) is 11.4 Å². The second kappa shape index (κ2) is 6.88. The molecule has 0 aliphatic heterocycles. The first-order valence-corrected chi connectivity index (χ1v) is 9.42. The zero-order valence-electron chi connectivity index (χ0n) is 17.2. The minimum atomic E-state index is -0.236. The number of rotatable bonds is 2. The lowest BCUT2D eigenvalue weighted by atomic mass is 9.96. The zero-order chi connectivity index (χ0) is 21.6. The molecule has 1 N–H and O–H groups in total. The van der Waals surface area contributed by atoms with Crippen LogP contribution in [0.15, 0.2) is 34.1 Å². The van der Waals surface area contributed by atoms with Crippen LogP contribution in [-0.4, -0.2) is 39.9 Å². The van der Waals surface area contributed by atoms with Gasteiger partial charge in [0.25, 0.3) is 0 Å². The van der Waals surface area contributed by atoms with E-state index in [9.17, 15) is 0 Å². The van der Waals surface area contributed by atoms with Crippen molar-refractivity contribution in [3.05, 3.63) is 47.7 Å². The van der Waals surface area contributed by atoms with Gasteiger partial charge in [-0.15, -0.1) is 0 Å². The van der Waals surface area contributed by atoms with Crippen molar-refractivity contribution >= 4 is 28.4 Å². The van der Waals surface area contributed by atoms with Gasteiger partial charge in [0.2, 0.25) is 0 Å². The lowest BCUT2D eigenvalue weighted by Crippen LogP contribution is -2.13. The molecule has 0 fully saturated rings. The Kier molecular flexibility index (Phi) is 4.14. The van der Waals surface area contributed by atoms with Crippen molar-refractivity contribution in [3.8, 4) is 11.8 Å². The van der Waals surface area contributed by atoms with Crippen molar-refractivity contribution in [3.63, 3.8) is 0 Å². The minimum Gasteiger partial charge on any atom is -0.353 e. The smallest absolute Gasteiger partial charge is 0.327 e. The van der Waals surface area contributed by atoms with Gasteiger partial charge in [0.1, 0.15) is 12.7 Å². The number of nitrogens with zero attached hydrogens (tertiary/aromatic N) is 8. The van der Waals surface area contributed by atoms with Gasteiger partial charge < -0.3 is 9.05 Å². The first-order chi connectivity index (χ1) is 14.9. The summed E-state index contributed by atoms with van der Waals surface area (Å²) in [5.41, 5.74) is 2.88. The van der Waals surface area contributed by atoms with Gasteiger partial charge in [-0.05, 0) is 6.92 Å². The molecule has 0 atom stereocenters. The van der Waals surface area contributed by atoms with Gasteiger partial charge in [-0.2, -0.15) is 10.1 Å². The fraction of sp³-hybridized carbons (Fsp3) is 0.250. The van der Waals surface area contributed by atoms with Crippen LogP contribution in [0.5, 0.6) is 0 Å². The Balaban J connectivity index is 1.52. The van der Waals surface area contributed by atoms with Gasteiger partial charge in [0, 0.05) is 11.6 Å². The monoisotopic (exact) mass is 415 g/mol. The average molecular weight is 415 g/mol. The molecule has 11 nitrogen and oxygen atoms in total. The van der Waals surface area contributed by atoms with Crippen LogP contribution in [0.3, 0.4) is 0 Å². The van der Waals surface area contributed by atoms with Crippen LogP contribution in [0.4, 0.5) is 11.8 Å². The average Bonchev–Trinajstić information content (AvgIpc) is 3.46. The molecule has 5 aromatic rings. The molecule has 0 spiro atoms. The number of fused-ring (bicyclic) bond motifs is 2. The highest BCUT2D eigenvalue weighted by molar-refractivity contribution is 5.92. The third kappa shape index (κ3) is 3.33. The lowest BCUT2D eigenvalue weighted by Gasteiger charge is -2.10. The summed E-state index contributed by atoms with van der Waals surface area (Å²) in [6, 6.07) is 0.222. The van der Waals surface area contributed by atoms with Crippen LogP contribution in [0.2, 0.25) is 0 Å². The second-order valence-corrected chi connectivity index (χ2v) is 7.88. The first kappa shape index (κ1) is 18.7. The van der Waals surface area contributed by atoms with E-state index in [0.717, 1.165) is 0 Å². The summed E-state index contributed by atoms with van der Waals surface area (Å²) in [6.07, 6.45) is 6.32. The van der Waals surface area contributed by atoms with Gasteiger partial charge in [0.15, 0.2) is 22.9 Å². The van der Waals surface area contributed by atoms with Crippen molar-refractivity contribution < 1.29 is 9.05 Å². The van der Waals surface area contributed by atoms with Crippen molar-refractivity contribution in [1.82, 2.24) is 39.9 Å². The number of hydrogen-bond acceptors (Lipinski definition) is 10. The summed E-state index contributed by atoms with van der Waals surface area (Å²) in [7, 11) is 0. The fourth-order valence-corrected chi connectivity index (χ4v) is 2.87. The van der Waals surface area contributed by atoms with Crippen LogP contribution in [0.25, 0.3) is 16.6 Å². The molecule has 154 valence electrons. The zero-order valence-corrected chi connectivity index (χ0v) is 17.2. The minimum absolute atomic E-state index is 0.222. The van der Waals surface area contributed by atoms with Crippen LogP contribution in [-0.2, 0) is 5.41 Å². The molecule has 0 amide bonds. The third-order valence-electron chi connectivity index (χ3n) is 4.54. The molecular formula is C20H17N9O2. The Hall–Kier alpha value is -4.33. The molecule has 11 heteroatoms. The van der Waals surface area contributed by atoms with Gasteiger partial charge in [-0.25, -0.2) is 14.5 Å². The molecular weight excluding hydrogens is 398 g/mol. The van der Waals surface area contributed by atoms with Crippen molar-refractivity contribution in [2.24, 2.45) is 0 Å². The van der Waals surface area contributed by atoms with Gasteiger partial charge in [-0.3, -0.25) is 10.3 Å². The van der Waals surface area contributed by atoms with E-state index in [1.165, 1.54) is 6.33 Å². The normalized spacial score (nSPS) is 11.6. The number of aryl methyl sites for hydroxylation is 1. The van der Waals surface area contributed by atoms with Crippen LogP contribution in [0.1, 0.15) is 43.4 Å². The van der Waals surface area contributed by atoms with Gasteiger partial charge >= 0.3 is 6.01 Å². The van der Waals surface area contributed by atoms with Crippen molar-refractivity contribution in [2.75, 3.05) is 5.32 Å². The molecule has 5 heterocycles. The number of anilines is 2. The molecule has 5 rings (SSSR count). The molecule has 0 unspecified atom stereocenters. The number of aromatic nitrogens is 8. The van der Waals surface area contributed by atoms with E-state index in [1.54, 1.807) is 23.2 Å². The number of nitrogens with one attached hydrogen (secondary N) is 1. The highest BCUT2D eigenvalue weighted by Crippen LogP contribution is 2.29. The van der Waals surface area contributed by atoms with Crippen LogP contribution >= 0.6 is 0 Å². The molecule has 0 aliphatic rings. The third-order valence-corrected chi connectivity index (χ3v) is 4.54. The second-order valence-electron chi connectivity index (χ2n) is 7.88. The van der Waals surface area contributed by atoms with E-state index in [4.69, 9.17) is 9.05 Å². The maximum absolute atomic E-state index is 5.57. The van der Waals surface area contributed by atoms with E-state index in [2.05, 4.69) is 52.5 Å². The van der Waals surface area contributed by atoms with E-state index < -0.39 is 0 Å². The molecule has 0 aliphatic carbocycles. The highest BCUT2D eigenvalue weighted by atomic mass is 16.5. The molecule has 0 aromatic carbocycles. The Morgan fingerprint density at radius 2 is 1.94 bits per heavy atom.